The average Bonchev–Trinajstić information content (AvgIpc) is 2.27. The highest BCUT2D eigenvalue weighted by atomic mass is 32.2. The molecule has 0 saturated carbocycles. The molecule has 8 heteroatoms. The minimum absolute atomic E-state index is 0.0179. The highest BCUT2D eigenvalue weighted by molar-refractivity contribution is 7.92. The second-order valence-electron chi connectivity index (χ2n) is 3.55. The number of non-ortho nitro benzene ring substituents is 1. The van der Waals surface area contributed by atoms with Crippen molar-refractivity contribution in [1.29, 1.82) is 0 Å². The van der Waals surface area contributed by atoms with Crippen LogP contribution in [0.4, 0.5) is 11.4 Å². The smallest absolute Gasteiger partial charge is 0.269 e. The van der Waals surface area contributed by atoms with Crippen LogP contribution in [0.2, 0.25) is 0 Å². The van der Waals surface area contributed by atoms with E-state index in [4.69, 9.17) is 0 Å². The summed E-state index contributed by atoms with van der Waals surface area (Å²) in [6.45, 7) is 1.53. The molecule has 0 bridgehead atoms. The normalized spacial score (nSPS) is 11.0. The third kappa shape index (κ3) is 3.04. The molecule has 1 aromatic carbocycles. The van der Waals surface area contributed by atoms with Crippen molar-refractivity contribution in [2.24, 2.45) is 0 Å². The largest absolute Gasteiger partial charge is 0.273 e. The zero-order valence-corrected chi connectivity index (χ0v) is 10.7. The Balaban J connectivity index is 3.23. The van der Waals surface area contributed by atoms with Crippen LogP contribution in [0.1, 0.15) is 13.3 Å². The third-order valence-electron chi connectivity index (χ3n) is 2.16. The van der Waals surface area contributed by atoms with Gasteiger partial charge in [0.05, 0.1) is 16.9 Å². The summed E-state index contributed by atoms with van der Waals surface area (Å²) >= 11 is 0. The molecule has 0 N–H and O–H groups in total. The summed E-state index contributed by atoms with van der Waals surface area (Å²) in [6.07, 6.45) is 0.923. The van der Waals surface area contributed by atoms with E-state index in [1.54, 1.807) is 0 Å². The van der Waals surface area contributed by atoms with Crippen LogP contribution in [0.3, 0.4) is 0 Å². The van der Waals surface area contributed by atoms with Crippen LogP contribution in [-0.2, 0) is 14.8 Å². The lowest BCUT2D eigenvalue weighted by Gasteiger charge is -2.19. The predicted octanol–water partition coefficient (Wildman–Crippen LogP) is 1.30. The van der Waals surface area contributed by atoms with Crippen LogP contribution in [-0.4, -0.2) is 25.5 Å². The van der Waals surface area contributed by atoms with Crippen molar-refractivity contribution in [3.63, 3.8) is 0 Å². The monoisotopic (exact) mass is 272 g/mol. The second kappa shape index (κ2) is 5.13. The van der Waals surface area contributed by atoms with E-state index in [0.717, 1.165) is 18.4 Å². The van der Waals surface area contributed by atoms with Gasteiger partial charge in [-0.15, -0.1) is 0 Å². The van der Waals surface area contributed by atoms with Gasteiger partial charge in [-0.05, 0) is 12.1 Å². The Hall–Kier alpha value is -1.96. The number of carbonyl (C=O) groups excluding carboxylic acids is 1. The SMILES string of the molecule is CCC(=O)N(c1ccc([N+](=O)[O-])cc1)S(C)(=O)=O. The molecule has 1 aromatic rings. The van der Waals surface area contributed by atoms with E-state index in [9.17, 15) is 23.3 Å². The van der Waals surface area contributed by atoms with Crippen molar-refractivity contribution in [3.05, 3.63) is 34.4 Å². The van der Waals surface area contributed by atoms with Gasteiger partial charge in [-0.1, -0.05) is 6.92 Å². The van der Waals surface area contributed by atoms with E-state index >= 15 is 0 Å². The molecule has 0 aliphatic heterocycles. The topological polar surface area (TPSA) is 97.6 Å². The summed E-state index contributed by atoms with van der Waals surface area (Å²) in [7, 11) is -3.75. The minimum atomic E-state index is -3.75. The average molecular weight is 272 g/mol. The van der Waals surface area contributed by atoms with Crippen LogP contribution in [0.15, 0.2) is 24.3 Å². The lowest BCUT2D eigenvalue weighted by atomic mass is 10.3. The van der Waals surface area contributed by atoms with E-state index in [1.807, 2.05) is 0 Å². The molecule has 0 aliphatic rings. The zero-order chi connectivity index (χ0) is 13.9. The van der Waals surface area contributed by atoms with E-state index in [1.165, 1.54) is 19.1 Å². The minimum Gasteiger partial charge on any atom is -0.273 e. The molecule has 0 aliphatic carbocycles. The van der Waals surface area contributed by atoms with Crippen molar-refractivity contribution in [1.82, 2.24) is 0 Å². The number of anilines is 1. The molecular formula is C10H12N2O5S. The quantitative estimate of drug-likeness (QED) is 0.607. The van der Waals surface area contributed by atoms with Gasteiger partial charge in [0.25, 0.3) is 5.69 Å². The highest BCUT2D eigenvalue weighted by Crippen LogP contribution is 2.22. The van der Waals surface area contributed by atoms with Crippen LogP contribution < -0.4 is 4.31 Å². The first-order valence-corrected chi connectivity index (χ1v) is 6.89. The van der Waals surface area contributed by atoms with Crippen molar-refractivity contribution >= 4 is 27.3 Å². The summed E-state index contributed by atoms with van der Waals surface area (Å²) < 4.78 is 23.7. The number of hydrogen-bond donors (Lipinski definition) is 0. The highest BCUT2D eigenvalue weighted by Gasteiger charge is 2.24. The number of rotatable bonds is 4. The molecule has 0 atom stereocenters. The van der Waals surface area contributed by atoms with Crippen LogP contribution in [0.5, 0.6) is 0 Å². The summed E-state index contributed by atoms with van der Waals surface area (Å²) in [5.41, 5.74) is -0.0777. The molecule has 1 amide bonds. The van der Waals surface area contributed by atoms with E-state index in [2.05, 4.69) is 0 Å². The number of carbonyl (C=O) groups is 1. The van der Waals surface area contributed by atoms with Gasteiger partial charge in [0, 0.05) is 18.6 Å². The van der Waals surface area contributed by atoms with Gasteiger partial charge in [-0.3, -0.25) is 14.9 Å². The van der Waals surface area contributed by atoms with E-state index < -0.39 is 20.9 Å². The number of hydrogen-bond acceptors (Lipinski definition) is 5. The Morgan fingerprint density at radius 2 is 1.83 bits per heavy atom. The molecule has 0 fully saturated rings. The second-order valence-corrected chi connectivity index (χ2v) is 5.38. The first-order valence-electron chi connectivity index (χ1n) is 5.05. The van der Waals surface area contributed by atoms with Gasteiger partial charge in [-0.2, -0.15) is 0 Å². The molecule has 0 heterocycles. The van der Waals surface area contributed by atoms with Gasteiger partial charge in [0.15, 0.2) is 0 Å². The first-order chi connectivity index (χ1) is 8.27. The summed E-state index contributed by atoms with van der Waals surface area (Å²) in [4.78, 5) is 21.5. The molecule has 1 rings (SSSR count). The van der Waals surface area contributed by atoms with Crippen LogP contribution in [0, 0.1) is 10.1 Å². The van der Waals surface area contributed by atoms with Gasteiger partial charge in [-0.25, -0.2) is 12.7 Å². The van der Waals surface area contributed by atoms with Crippen molar-refractivity contribution in [2.75, 3.05) is 10.6 Å². The molecular weight excluding hydrogens is 260 g/mol. The maximum Gasteiger partial charge on any atom is 0.269 e. The fraction of sp³-hybridized carbons (Fsp3) is 0.300. The Bertz CT molecular complexity index is 564. The van der Waals surface area contributed by atoms with Crippen molar-refractivity contribution in [3.8, 4) is 0 Å². The van der Waals surface area contributed by atoms with E-state index in [-0.39, 0.29) is 17.8 Å². The van der Waals surface area contributed by atoms with Gasteiger partial charge in [0.1, 0.15) is 0 Å². The molecule has 98 valence electrons. The molecule has 18 heavy (non-hydrogen) atoms. The standard InChI is InChI=1S/C10H12N2O5S/c1-3-10(13)11(18(2,16)17)8-4-6-9(7-5-8)12(14)15/h4-7H,3H2,1-2H3. The Labute approximate surface area is 104 Å². The first kappa shape index (κ1) is 14.1. The number of nitrogens with zero attached hydrogens (tertiary/aromatic N) is 2. The molecule has 0 unspecified atom stereocenters. The van der Waals surface area contributed by atoms with Crippen molar-refractivity contribution < 1.29 is 18.1 Å². The molecule has 0 aromatic heterocycles. The van der Waals surface area contributed by atoms with Crippen LogP contribution in [0.25, 0.3) is 0 Å². The molecule has 0 saturated heterocycles. The van der Waals surface area contributed by atoms with Gasteiger partial charge >= 0.3 is 0 Å². The predicted molar refractivity (Wildman–Crippen MR) is 65.7 cm³/mol. The zero-order valence-electron chi connectivity index (χ0n) is 9.86. The third-order valence-corrected chi connectivity index (χ3v) is 3.23. The van der Waals surface area contributed by atoms with Crippen LogP contribution >= 0.6 is 0 Å². The maximum atomic E-state index is 11.6. The Morgan fingerprint density at radius 3 is 2.17 bits per heavy atom. The lowest BCUT2D eigenvalue weighted by molar-refractivity contribution is -0.384. The van der Waals surface area contributed by atoms with Gasteiger partial charge in [0.2, 0.25) is 15.9 Å². The molecule has 0 radical (unpaired) electrons. The maximum absolute atomic E-state index is 11.6. The number of amides is 1. The van der Waals surface area contributed by atoms with E-state index in [0.29, 0.717) is 4.31 Å². The summed E-state index contributed by atoms with van der Waals surface area (Å²) in [6, 6.07) is 4.76. The summed E-state index contributed by atoms with van der Waals surface area (Å²) in [5.74, 6) is -0.591. The Morgan fingerprint density at radius 1 is 1.33 bits per heavy atom. The van der Waals surface area contributed by atoms with Crippen molar-refractivity contribution in [2.45, 2.75) is 13.3 Å². The number of nitro benzene ring substituents is 1. The molecule has 0 spiro atoms. The Kier molecular flexibility index (Phi) is 4.02. The number of sulfonamides is 1. The molecule has 7 nitrogen and oxygen atoms in total. The fourth-order valence-corrected chi connectivity index (χ4v) is 2.38. The van der Waals surface area contributed by atoms with Gasteiger partial charge < -0.3 is 0 Å². The number of nitro groups is 1. The fourth-order valence-electron chi connectivity index (χ4n) is 1.37. The number of benzene rings is 1. The summed E-state index contributed by atoms with van der Waals surface area (Å²) in [5, 5.41) is 10.5. The lowest BCUT2D eigenvalue weighted by Crippen LogP contribution is -2.35.